The summed E-state index contributed by atoms with van der Waals surface area (Å²) in [6.07, 6.45) is -0.218. The predicted molar refractivity (Wildman–Crippen MR) is 36.2 cm³/mol. The van der Waals surface area contributed by atoms with Crippen molar-refractivity contribution in [1.82, 2.24) is 0 Å². The average Bonchev–Trinajstić information content (AvgIpc) is 2.57. The third kappa shape index (κ3) is 0.681. The maximum atomic E-state index is 12.9. The molecule has 0 atom stereocenters. The Labute approximate surface area is 75.9 Å². The third-order valence-electron chi connectivity index (χ3n) is 1.99. The van der Waals surface area contributed by atoms with Crippen LogP contribution in [0.1, 0.15) is 10.5 Å². The lowest BCUT2D eigenvalue weighted by Gasteiger charge is -1.91. The molecule has 0 aliphatic carbocycles. The van der Waals surface area contributed by atoms with E-state index in [0.717, 1.165) is 16.5 Å². The summed E-state index contributed by atoms with van der Waals surface area (Å²) in [6, 6.07) is 1.97. The molecule has 2 aromatic heterocycles. The maximum Gasteiger partial charge on any atom is 0.456 e. The van der Waals surface area contributed by atoms with E-state index in [-0.39, 0.29) is 17.3 Å². The van der Waals surface area contributed by atoms with Crippen molar-refractivity contribution >= 4 is 11.5 Å². The third-order valence-corrected chi connectivity index (χ3v) is 1.99. The number of esters is 1. The summed E-state index contributed by atoms with van der Waals surface area (Å²) in [7, 11) is 0. The molecule has 0 bridgehead atoms. The van der Waals surface area contributed by atoms with Gasteiger partial charge in [0.15, 0.2) is 0 Å². The van der Waals surface area contributed by atoms with Gasteiger partial charge in [-0.05, 0) is 0 Å². The largest absolute Gasteiger partial charge is 0.540 e. The minimum absolute atomic E-state index is 0.0409. The zero-order chi connectivity index (χ0) is 9.87. The maximum absolute atomic E-state index is 12.9. The van der Waals surface area contributed by atoms with E-state index in [1.807, 2.05) is 0 Å². The molecule has 0 fully saturated rings. The highest BCUT2D eigenvalue weighted by atomic mass is 19.1. The molecule has 70 valence electrons. The van der Waals surface area contributed by atoms with E-state index >= 15 is 0 Å². The topological polar surface area (TPSA) is 66.6 Å². The minimum Gasteiger partial charge on any atom is -0.540 e. The molecule has 5 nitrogen and oxygen atoms in total. The van der Waals surface area contributed by atoms with Crippen LogP contribution in [-0.2, 0) is 0 Å². The predicted octanol–water partition coefficient (Wildman–Crippen LogP) is -0.236. The Morgan fingerprint density at radius 1 is 1.43 bits per heavy atom. The Morgan fingerprint density at radius 2 is 2.21 bits per heavy atom. The minimum atomic E-state index is -0.728. The first-order valence-corrected chi connectivity index (χ1v) is 3.74. The number of hydrogen-bond acceptors (Lipinski definition) is 4. The van der Waals surface area contributed by atoms with Gasteiger partial charge in [0.2, 0.25) is 5.52 Å². The van der Waals surface area contributed by atoms with Crippen molar-refractivity contribution in [2.24, 2.45) is 0 Å². The first kappa shape index (κ1) is 7.31. The molecule has 0 aromatic carbocycles. The molecule has 0 unspecified atom stereocenters. The lowest BCUT2D eigenvalue weighted by Crippen LogP contribution is -2.22. The number of aromatic nitrogens is 1. The van der Waals surface area contributed by atoms with Crippen LogP contribution in [0.25, 0.3) is 5.52 Å². The monoisotopic (exact) mass is 195 g/mol. The SMILES string of the molecule is O=C1Oc2oc([O-])c3cc(F)cc1[n+]23. The summed E-state index contributed by atoms with van der Waals surface area (Å²) in [6.45, 7) is 0. The Morgan fingerprint density at radius 3 is 3.00 bits per heavy atom. The van der Waals surface area contributed by atoms with Gasteiger partial charge in [0.05, 0.1) is 6.07 Å². The Balaban J connectivity index is 2.57. The van der Waals surface area contributed by atoms with Gasteiger partial charge in [-0.2, -0.15) is 0 Å². The fourth-order valence-corrected chi connectivity index (χ4v) is 1.43. The van der Waals surface area contributed by atoms with Crippen LogP contribution >= 0.6 is 0 Å². The van der Waals surface area contributed by atoms with Gasteiger partial charge in [-0.15, -0.1) is 4.40 Å². The van der Waals surface area contributed by atoms with Crippen molar-refractivity contribution in [2.45, 2.75) is 0 Å². The second-order valence-corrected chi connectivity index (χ2v) is 2.82. The molecule has 2 aromatic rings. The molecule has 6 heteroatoms. The van der Waals surface area contributed by atoms with E-state index in [9.17, 15) is 14.3 Å². The molecule has 0 saturated heterocycles. The van der Waals surface area contributed by atoms with Gasteiger partial charge in [0.1, 0.15) is 11.8 Å². The molecule has 1 aliphatic rings. The fraction of sp³-hybridized carbons (Fsp3) is 0. The molecule has 0 spiro atoms. The van der Waals surface area contributed by atoms with Gasteiger partial charge < -0.3 is 14.3 Å². The van der Waals surface area contributed by atoms with Crippen molar-refractivity contribution in [3.8, 4) is 12.0 Å². The zero-order valence-corrected chi connectivity index (χ0v) is 6.61. The number of rotatable bonds is 0. The van der Waals surface area contributed by atoms with Gasteiger partial charge >= 0.3 is 17.7 Å². The summed E-state index contributed by atoms with van der Waals surface area (Å²) in [5.74, 6) is -2.13. The van der Waals surface area contributed by atoms with Crippen LogP contribution < -0.4 is 14.2 Å². The highest BCUT2D eigenvalue weighted by molar-refractivity contribution is 5.89. The van der Waals surface area contributed by atoms with Crippen LogP contribution in [0.3, 0.4) is 0 Å². The van der Waals surface area contributed by atoms with Crippen molar-refractivity contribution in [3.05, 3.63) is 23.6 Å². The Bertz CT molecular complexity index is 574. The number of halogens is 1. The highest BCUT2D eigenvalue weighted by Gasteiger charge is 2.36. The van der Waals surface area contributed by atoms with Gasteiger partial charge in [-0.25, -0.2) is 9.18 Å². The molecular weight excluding hydrogens is 193 g/mol. The summed E-state index contributed by atoms with van der Waals surface area (Å²) >= 11 is 0. The number of ether oxygens (including phenoxy) is 1. The average molecular weight is 195 g/mol. The lowest BCUT2D eigenvalue weighted by molar-refractivity contribution is -0.517. The van der Waals surface area contributed by atoms with E-state index in [1.165, 1.54) is 0 Å². The molecule has 3 heterocycles. The molecule has 0 N–H and O–H groups in total. The lowest BCUT2D eigenvalue weighted by atomic mass is 10.3. The van der Waals surface area contributed by atoms with Crippen molar-refractivity contribution < 1.29 is 27.8 Å². The molecule has 0 amide bonds. The number of carbonyl (C=O) groups excluding carboxylic acids is 1. The highest BCUT2D eigenvalue weighted by Crippen LogP contribution is 2.25. The van der Waals surface area contributed by atoms with Crippen LogP contribution in [0.2, 0.25) is 0 Å². The van der Waals surface area contributed by atoms with E-state index in [0.29, 0.717) is 0 Å². The smallest absolute Gasteiger partial charge is 0.456 e. The van der Waals surface area contributed by atoms with E-state index < -0.39 is 17.7 Å². The summed E-state index contributed by atoms with van der Waals surface area (Å²) in [4.78, 5) is 11.1. The molecule has 1 aliphatic heterocycles. The van der Waals surface area contributed by atoms with E-state index in [4.69, 9.17) is 0 Å². The first-order chi connectivity index (χ1) is 6.66. The Hall–Kier alpha value is -2.11. The van der Waals surface area contributed by atoms with Crippen LogP contribution in [-0.4, -0.2) is 5.97 Å². The number of hydrogen-bond donors (Lipinski definition) is 0. The molecule has 3 rings (SSSR count). The Kier molecular flexibility index (Phi) is 1.06. The summed E-state index contributed by atoms with van der Waals surface area (Å²) in [5, 5.41) is 11.1. The number of oxazole rings is 1. The van der Waals surface area contributed by atoms with Crippen molar-refractivity contribution in [1.29, 1.82) is 0 Å². The normalized spacial score (nSPS) is 13.6. The van der Waals surface area contributed by atoms with Crippen LogP contribution in [0.15, 0.2) is 16.5 Å². The van der Waals surface area contributed by atoms with Gasteiger partial charge in [-0.3, -0.25) is 0 Å². The summed E-state index contributed by atoms with van der Waals surface area (Å²) in [5.41, 5.74) is -0.0818. The number of carbonyl (C=O) groups is 1. The van der Waals surface area contributed by atoms with Crippen LogP contribution in [0, 0.1) is 5.82 Å². The quantitative estimate of drug-likeness (QED) is 0.430. The second-order valence-electron chi connectivity index (χ2n) is 2.82. The molecular formula is C8H2FNO4. The van der Waals surface area contributed by atoms with Crippen LogP contribution in [0.5, 0.6) is 12.0 Å². The molecule has 0 radical (unpaired) electrons. The molecule has 0 saturated carbocycles. The van der Waals surface area contributed by atoms with Gasteiger partial charge in [0, 0.05) is 6.07 Å². The fourth-order valence-electron chi connectivity index (χ4n) is 1.43. The van der Waals surface area contributed by atoms with E-state index in [1.54, 1.807) is 0 Å². The summed E-state index contributed by atoms with van der Waals surface area (Å²) < 4.78 is 23.3. The standard InChI is InChI=1S/C8H2FNO4/c9-3-1-4-6(11)13-8-10(4)5(2-3)7(12)14-8/h1-2H. The van der Waals surface area contributed by atoms with Gasteiger partial charge in [-0.1, -0.05) is 0 Å². The van der Waals surface area contributed by atoms with Gasteiger partial charge in [0.25, 0.3) is 0 Å². The van der Waals surface area contributed by atoms with Crippen LogP contribution in [0.4, 0.5) is 4.39 Å². The van der Waals surface area contributed by atoms with E-state index in [2.05, 4.69) is 9.15 Å². The first-order valence-electron chi connectivity index (χ1n) is 3.74. The molecule has 14 heavy (non-hydrogen) atoms. The number of pyridine rings is 1. The van der Waals surface area contributed by atoms with Crippen molar-refractivity contribution in [3.63, 3.8) is 0 Å². The van der Waals surface area contributed by atoms with Crippen molar-refractivity contribution in [2.75, 3.05) is 0 Å². The second kappa shape index (κ2) is 2.03. The zero-order valence-electron chi connectivity index (χ0n) is 6.61. The number of nitrogens with zero attached hydrogens (tertiary/aromatic N) is 1.